The van der Waals surface area contributed by atoms with Crippen LogP contribution in [0.2, 0.25) is 0 Å². The van der Waals surface area contributed by atoms with Crippen LogP contribution in [0.3, 0.4) is 0 Å². The molecular weight excluding hydrogens is 274 g/mol. The largest absolute Gasteiger partial charge is 0.354 e. The Morgan fingerprint density at radius 1 is 1.23 bits per heavy atom. The summed E-state index contributed by atoms with van der Waals surface area (Å²) in [6.07, 6.45) is 5.28. The predicted octanol–water partition coefficient (Wildman–Crippen LogP) is 2.38. The van der Waals surface area contributed by atoms with Gasteiger partial charge in [-0.3, -0.25) is 9.69 Å². The lowest BCUT2D eigenvalue weighted by molar-refractivity contribution is -0.122. The van der Waals surface area contributed by atoms with E-state index >= 15 is 0 Å². The zero-order valence-electron chi connectivity index (χ0n) is 14.9. The summed E-state index contributed by atoms with van der Waals surface area (Å²) in [6, 6.07) is 0.225. The van der Waals surface area contributed by atoms with E-state index in [4.69, 9.17) is 5.73 Å². The third-order valence-corrected chi connectivity index (χ3v) is 5.61. The highest BCUT2D eigenvalue weighted by Crippen LogP contribution is 2.28. The molecule has 1 heterocycles. The van der Waals surface area contributed by atoms with Crippen LogP contribution in [-0.4, -0.2) is 42.0 Å². The molecule has 0 radical (unpaired) electrons. The Morgan fingerprint density at radius 2 is 1.86 bits per heavy atom. The molecule has 1 aliphatic heterocycles. The lowest BCUT2D eigenvalue weighted by Crippen LogP contribution is -2.56. The summed E-state index contributed by atoms with van der Waals surface area (Å²) in [6.45, 7) is 12.2. The average Bonchev–Trinajstić information content (AvgIpc) is 2.81. The molecule has 0 aromatic rings. The Kier molecular flexibility index (Phi) is 5.89. The molecule has 4 atom stereocenters. The van der Waals surface area contributed by atoms with E-state index in [-0.39, 0.29) is 17.5 Å². The van der Waals surface area contributed by atoms with Crippen LogP contribution in [0, 0.1) is 17.8 Å². The van der Waals surface area contributed by atoms with Gasteiger partial charge in [0.05, 0.1) is 0 Å². The summed E-state index contributed by atoms with van der Waals surface area (Å²) < 4.78 is 0. The number of nitrogens with one attached hydrogen (secondary N) is 1. The molecule has 2 aliphatic rings. The molecule has 2 rings (SSSR count). The second-order valence-electron chi connectivity index (χ2n) is 8.50. The van der Waals surface area contributed by atoms with Crippen LogP contribution in [0.15, 0.2) is 0 Å². The number of carbonyl (C=O) groups excluding carboxylic acids is 1. The van der Waals surface area contributed by atoms with Crippen LogP contribution in [0.4, 0.5) is 0 Å². The van der Waals surface area contributed by atoms with Crippen molar-refractivity contribution in [3.8, 4) is 0 Å². The molecular formula is C18H35N3O. The molecule has 0 aromatic carbocycles. The van der Waals surface area contributed by atoms with Gasteiger partial charge < -0.3 is 11.1 Å². The second-order valence-corrected chi connectivity index (χ2v) is 8.50. The third-order valence-electron chi connectivity index (χ3n) is 5.61. The van der Waals surface area contributed by atoms with Gasteiger partial charge in [-0.1, -0.05) is 20.3 Å². The van der Waals surface area contributed by atoms with Crippen molar-refractivity contribution < 1.29 is 4.79 Å². The van der Waals surface area contributed by atoms with Crippen molar-refractivity contribution in [2.75, 3.05) is 19.6 Å². The van der Waals surface area contributed by atoms with Gasteiger partial charge in [0.2, 0.25) is 5.91 Å². The molecule has 0 bridgehead atoms. The molecule has 128 valence electrons. The fourth-order valence-electron chi connectivity index (χ4n) is 4.21. The maximum atomic E-state index is 12.2. The summed E-state index contributed by atoms with van der Waals surface area (Å²) in [7, 11) is 0. The first kappa shape index (κ1) is 17.7. The molecule has 1 saturated heterocycles. The highest BCUT2D eigenvalue weighted by Gasteiger charge is 2.33. The number of hydrogen-bond donors (Lipinski definition) is 2. The van der Waals surface area contributed by atoms with E-state index in [1.165, 1.54) is 12.8 Å². The summed E-state index contributed by atoms with van der Waals surface area (Å²) in [5, 5.41) is 3.16. The van der Waals surface area contributed by atoms with Crippen molar-refractivity contribution >= 4 is 5.91 Å². The lowest BCUT2D eigenvalue weighted by Gasteiger charge is -2.45. The molecule has 0 aromatic heterocycles. The van der Waals surface area contributed by atoms with Crippen molar-refractivity contribution in [2.24, 2.45) is 23.5 Å². The standard InChI is InChI=1S/C18H35N3O/c1-13-8-14(2)11-21(10-13)18(3,4)12-20-17(22)9-15-6-5-7-16(15)19/h13-16H,5-12,19H2,1-4H3,(H,20,22)/t13?,14?,15-,16+/m0/s1. The van der Waals surface area contributed by atoms with Crippen molar-refractivity contribution in [3.05, 3.63) is 0 Å². The molecule has 1 saturated carbocycles. The second kappa shape index (κ2) is 7.31. The molecule has 4 nitrogen and oxygen atoms in total. The Hall–Kier alpha value is -0.610. The van der Waals surface area contributed by atoms with Gasteiger partial charge in [0.25, 0.3) is 0 Å². The van der Waals surface area contributed by atoms with Gasteiger partial charge in [0, 0.05) is 37.6 Å². The molecule has 3 N–H and O–H groups in total. The van der Waals surface area contributed by atoms with Crippen LogP contribution in [-0.2, 0) is 4.79 Å². The smallest absolute Gasteiger partial charge is 0.220 e. The quantitative estimate of drug-likeness (QED) is 0.820. The zero-order chi connectivity index (χ0) is 16.3. The van der Waals surface area contributed by atoms with E-state index in [9.17, 15) is 4.79 Å². The maximum Gasteiger partial charge on any atom is 0.220 e. The summed E-state index contributed by atoms with van der Waals surface area (Å²) >= 11 is 0. The van der Waals surface area contributed by atoms with E-state index in [1.807, 2.05) is 0 Å². The number of likely N-dealkylation sites (tertiary alicyclic amines) is 1. The molecule has 0 spiro atoms. The molecule has 4 heteroatoms. The van der Waals surface area contributed by atoms with Crippen LogP contribution < -0.4 is 11.1 Å². The first-order valence-electron chi connectivity index (χ1n) is 9.05. The highest BCUT2D eigenvalue weighted by atomic mass is 16.1. The van der Waals surface area contributed by atoms with Crippen LogP contribution in [0.25, 0.3) is 0 Å². The maximum absolute atomic E-state index is 12.2. The average molecular weight is 309 g/mol. The highest BCUT2D eigenvalue weighted by molar-refractivity contribution is 5.76. The fourth-order valence-corrected chi connectivity index (χ4v) is 4.21. The van der Waals surface area contributed by atoms with Crippen molar-refractivity contribution in [1.82, 2.24) is 10.2 Å². The number of nitrogens with two attached hydrogens (primary N) is 1. The Balaban J connectivity index is 1.79. The molecule has 1 amide bonds. The fraction of sp³-hybridized carbons (Fsp3) is 0.944. The number of nitrogens with zero attached hydrogens (tertiary/aromatic N) is 1. The van der Waals surface area contributed by atoms with Crippen molar-refractivity contribution in [1.29, 1.82) is 0 Å². The van der Waals surface area contributed by atoms with Gasteiger partial charge in [-0.15, -0.1) is 0 Å². The summed E-state index contributed by atoms with van der Waals surface area (Å²) in [4.78, 5) is 14.8. The van der Waals surface area contributed by atoms with Crippen molar-refractivity contribution in [2.45, 2.75) is 71.4 Å². The van der Waals surface area contributed by atoms with Gasteiger partial charge in [-0.25, -0.2) is 0 Å². The Bertz CT molecular complexity index is 373. The van der Waals surface area contributed by atoms with Gasteiger partial charge in [0.15, 0.2) is 0 Å². The summed E-state index contributed by atoms with van der Waals surface area (Å²) in [5.74, 6) is 2.05. The minimum atomic E-state index is 0.0242. The number of hydrogen-bond acceptors (Lipinski definition) is 3. The Labute approximate surface area is 136 Å². The first-order chi connectivity index (χ1) is 10.3. The molecule has 2 unspecified atom stereocenters. The van der Waals surface area contributed by atoms with E-state index in [0.29, 0.717) is 12.3 Å². The monoisotopic (exact) mass is 309 g/mol. The zero-order valence-corrected chi connectivity index (χ0v) is 14.9. The number of carbonyl (C=O) groups is 1. The molecule has 22 heavy (non-hydrogen) atoms. The van der Waals surface area contributed by atoms with E-state index in [2.05, 4.69) is 37.9 Å². The minimum Gasteiger partial charge on any atom is -0.354 e. The van der Waals surface area contributed by atoms with Crippen molar-refractivity contribution in [3.63, 3.8) is 0 Å². The van der Waals surface area contributed by atoms with Crippen LogP contribution in [0.5, 0.6) is 0 Å². The number of amides is 1. The third kappa shape index (κ3) is 4.69. The molecule has 2 fully saturated rings. The van der Waals surface area contributed by atoms with Crippen LogP contribution >= 0.6 is 0 Å². The normalized spacial score (nSPS) is 33.9. The molecule has 1 aliphatic carbocycles. The summed E-state index contributed by atoms with van der Waals surface area (Å²) in [5.41, 5.74) is 6.09. The van der Waals surface area contributed by atoms with E-state index < -0.39 is 0 Å². The Morgan fingerprint density at radius 3 is 2.41 bits per heavy atom. The number of piperidine rings is 1. The lowest BCUT2D eigenvalue weighted by atomic mass is 9.88. The minimum absolute atomic E-state index is 0.0242. The van der Waals surface area contributed by atoms with E-state index in [0.717, 1.165) is 44.3 Å². The number of rotatable bonds is 5. The van der Waals surface area contributed by atoms with Gasteiger partial charge in [0.1, 0.15) is 0 Å². The van der Waals surface area contributed by atoms with Gasteiger partial charge in [-0.05, 0) is 50.9 Å². The SMILES string of the molecule is CC1CC(C)CN(C(C)(C)CNC(=O)C[C@@H]2CCC[C@H]2N)C1. The van der Waals surface area contributed by atoms with Gasteiger partial charge >= 0.3 is 0 Å². The van der Waals surface area contributed by atoms with Gasteiger partial charge in [-0.2, -0.15) is 0 Å². The topological polar surface area (TPSA) is 58.4 Å². The van der Waals surface area contributed by atoms with E-state index in [1.54, 1.807) is 0 Å². The predicted molar refractivity (Wildman–Crippen MR) is 91.5 cm³/mol. The first-order valence-corrected chi connectivity index (χ1v) is 9.05. The van der Waals surface area contributed by atoms with Crippen LogP contribution in [0.1, 0.15) is 59.8 Å².